The molecule has 0 spiro atoms. The van der Waals surface area contributed by atoms with Crippen molar-refractivity contribution in [1.29, 1.82) is 0 Å². The minimum absolute atomic E-state index is 0.113. The highest BCUT2D eigenvalue weighted by Gasteiger charge is 2.15. The number of hydrogen-bond acceptors (Lipinski definition) is 3. The standard InChI is InChI=1S/C16H14FN3O/c17-14-9-11(15-7-8-16(21)20-19-15)3-6-13(14)10-1-4-12(18)5-2-10/h1-6,9H,7-8,18H2,(H,20,21). The number of carbonyl (C=O) groups is 1. The third-order valence-electron chi connectivity index (χ3n) is 3.43. The summed E-state index contributed by atoms with van der Waals surface area (Å²) in [6, 6.07) is 12.0. The molecule has 2 aromatic carbocycles. The van der Waals surface area contributed by atoms with Crippen molar-refractivity contribution in [2.24, 2.45) is 5.10 Å². The molecule has 3 N–H and O–H groups in total. The first-order valence-electron chi connectivity index (χ1n) is 6.65. The lowest BCUT2D eigenvalue weighted by Crippen LogP contribution is -2.25. The van der Waals surface area contributed by atoms with Gasteiger partial charge in [-0.1, -0.05) is 24.3 Å². The van der Waals surface area contributed by atoms with Crippen molar-refractivity contribution < 1.29 is 9.18 Å². The van der Waals surface area contributed by atoms with E-state index in [2.05, 4.69) is 10.5 Å². The minimum Gasteiger partial charge on any atom is -0.399 e. The van der Waals surface area contributed by atoms with Gasteiger partial charge in [-0.3, -0.25) is 4.79 Å². The third kappa shape index (κ3) is 2.76. The van der Waals surface area contributed by atoms with Gasteiger partial charge in [-0.05, 0) is 23.8 Å². The molecule has 1 heterocycles. The number of anilines is 1. The van der Waals surface area contributed by atoms with Crippen molar-refractivity contribution in [2.75, 3.05) is 5.73 Å². The molecule has 0 bridgehead atoms. The number of hydrogen-bond donors (Lipinski definition) is 2. The van der Waals surface area contributed by atoms with Gasteiger partial charge in [-0.2, -0.15) is 5.10 Å². The molecule has 0 saturated carbocycles. The normalized spacial score (nSPS) is 14.5. The van der Waals surface area contributed by atoms with Crippen LogP contribution in [-0.2, 0) is 4.79 Å². The molecule has 1 aliphatic heterocycles. The molecule has 0 aliphatic carbocycles. The van der Waals surface area contributed by atoms with Gasteiger partial charge in [-0.25, -0.2) is 9.82 Å². The zero-order valence-electron chi connectivity index (χ0n) is 11.3. The topological polar surface area (TPSA) is 67.5 Å². The van der Waals surface area contributed by atoms with E-state index >= 15 is 0 Å². The number of carbonyl (C=O) groups excluding carboxylic acids is 1. The Morgan fingerprint density at radius 1 is 1.05 bits per heavy atom. The van der Waals surface area contributed by atoms with E-state index in [1.54, 1.807) is 30.3 Å². The Labute approximate surface area is 121 Å². The Bertz CT molecular complexity index is 723. The zero-order chi connectivity index (χ0) is 14.8. The SMILES string of the molecule is Nc1ccc(-c2ccc(C3=NNC(=O)CC3)cc2F)cc1. The summed E-state index contributed by atoms with van der Waals surface area (Å²) in [5, 5.41) is 3.97. The molecular formula is C16H14FN3O. The van der Waals surface area contributed by atoms with Crippen LogP contribution in [0, 0.1) is 5.82 Å². The molecule has 0 unspecified atom stereocenters. The lowest BCUT2D eigenvalue weighted by atomic mass is 9.99. The van der Waals surface area contributed by atoms with E-state index in [9.17, 15) is 9.18 Å². The molecule has 106 valence electrons. The fourth-order valence-corrected chi connectivity index (χ4v) is 2.27. The van der Waals surface area contributed by atoms with Crippen LogP contribution in [0.25, 0.3) is 11.1 Å². The molecule has 0 aromatic heterocycles. The molecule has 0 saturated heterocycles. The molecular weight excluding hydrogens is 269 g/mol. The largest absolute Gasteiger partial charge is 0.399 e. The lowest BCUT2D eigenvalue weighted by Gasteiger charge is -2.13. The maximum atomic E-state index is 14.3. The average molecular weight is 283 g/mol. The smallest absolute Gasteiger partial charge is 0.240 e. The van der Waals surface area contributed by atoms with Gasteiger partial charge in [0.15, 0.2) is 0 Å². The number of rotatable bonds is 2. The van der Waals surface area contributed by atoms with Crippen LogP contribution >= 0.6 is 0 Å². The van der Waals surface area contributed by atoms with Crippen LogP contribution in [0.3, 0.4) is 0 Å². The van der Waals surface area contributed by atoms with E-state index in [1.165, 1.54) is 6.07 Å². The molecule has 4 nitrogen and oxygen atoms in total. The zero-order valence-corrected chi connectivity index (χ0v) is 11.3. The van der Waals surface area contributed by atoms with Gasteiger partial charge in [0.1, 0.15) is 5.82 Å². The molecule has 0 atom stereocenters. The molecule has 0 fully saturated rings. The number of hydrazone groups is 1. The van der Waals surface area contributed by atoms with Crippen LogP contribution in [0.15, 0.2) is 47.6 Å². The van der Waals surface area contributed by atoms with Gasteiger partial charge in [-0.15, -0.1) is 0 Å². The summed E-state index contributed by atoms with van der Waals surface area (Å²) >= 11 is 0. The first-order valence-corrected chi connectivity index (χ1v) is 6.65. The molecule has 1 aliphatic rings. The van der Waals surface area contributed by atoms with E-state index in [0.29, 0.717) is 35.4 Å². The van der Waals surface area contributed by atoms with E-state index in [4.69, 9.17) is 5.73 Å². The van der Waals surface area contributed by atoms with Gasteiger partial charge >= 0.3 is 0 Å². The predicted molar refractivity (Wildman–Crippen MR) is 80.2 cm³/mol. The molecule has 0 radical (unpaired) electrons. The highest BCUT2D eigenvalue weighted by atomic mass is 19.1. The van der Waals surface area contributed by atoms with E-state index in [0.717, 1.165) is 5.56 Å². The van der Waals surface area contributed by atoms with E-state index < -0.39 is 0 Å². The number of nitrogens with two attached hydrogens (primary N) is 1. The van der Waals surface area contributed by atoms with Crippen molar-refractivity contribution in [3.63, 3.8) is 0 Å². The average Bonchev–Trinajstić information content (AvgIpc) is 2.49. The Morgan fingerprint density at radius 2 is 1.76 bits per heavy atom. The molecule has 21 heavy (non-hydrogen) atoms. The van der Waals surface area contributed by atoms with Crippen molar-refractivity contribution in [3.05, 3.63) is 53.8 Å². The number of halogens is 1. The Balaban J connectivity index is 1.93. The quantitative estimate of drug-likeness (QED) is 0.832. The Kier molecular flexibility index (Phi) is 3.39. The summed E-state index contributed by atoms with van der Waals surface area (Å²) < 4.78 is 14.3. The van der Waals surface area contributed by atoms with Crippen LogP contribution in [0.2, 0.25) is 0 Å². The highest BCUT2D eigenvalue weighted by Crippen LogP contribution is 2.25. The Morgan fingerprint density at radius 3 is 2.38 bits per heavy atom. The molecule has 1 amide bonds. The van der Waals surface area contributed by atoms with Crippen molar-refractivity contribution in [1.82, 2.24) is 5.43 Å². The van der Waals surface area contributed by atoms with Gasteiger partial charge in [0.2, 0.25) is 5.91 Å². The van der Waals surface area contributed by atoms with Crippen molar-refractivity contribution >= 4 is 17.3 Å². The highest BCUT2D eigenvalue weighted by molar-refractivity contribution is 6.04. The fraction of sp³-hybridized carbons (Fsp3) is 0.125. The summed E-state index contributed by atoms with van der Waals surface area (Å²) in [4.78, 5) is 11.1. The number of amides is 1. The first kappa shape index (κ1) is 13.3. The summed E-state index contributed by atoms with van der Waals surface area (Å²) in [5.41, 5.74) is 11.4. The maximum Gasteiger partial charge on any atom is 0.240 e. The number of benzene rings is 2. The Hall–Kier alpha value is -2.69. The number of nitrogens with one attached hydrogen (secondary N) is 1. The van der Waals surface area contributed by atoms with Gasteiger partial charge in [0, 0.05) is 29.7 Å². The monoisotopic (exact) mass is 283 g/mol. The second-order valence-corrected chi connectivity index (χ2v) is 4.91. The van der Waals surface area contributed by atoms with E-state index in [1.807, 2.05) is 6.07 Å². The molecule has 5 heteroatoms. The summed E-state index contributed by atoms with van der Waals surface area (Å²) in [7, 11) is 0. The van der Waals surface area contributed by atoms with Crippen molar-refractivity contribution in [3.8, 4) is 11.1 Å². The van der Waals surface area contributed by atoms with Gasteiger partial charge < -0.3 is 5.73 Å². The second kappa shape index (κ2) is 5.36. The molecule has 2 aromatic rings. The third-order valence-corrected chi connectivity index (χ3v) is 3.43. The van der Waals surface area contributed by atoms with Crippen LogP contribution in [0.4, 0.5) is 10.1 Å². The van der Waals surface area contributed by atoms with Crippen molar-refractivity contribution in [2.45, 2.75) is 12.8 Å². The van der Waals surface area contributed by atoms with Crippen LogP contribution in [-0.4, -0.2) is 11.6 Å². The predicted octanol–water partition coefficient (Wildman–Crippen LogP) is 2.69. The van der Waals surface area contributed by atoms with Crippen LogP contribution in [0.5, 0.6) is 0 Å². The summed E-state index contributed by atoms with van der Waals surface area (Å²) in [6.07, 6.45) is 0.895. The van der Waals surface area contributed by atoms with Gasteiger partial charge in [0.05, 0.1) is 5.71 Å². The first-order chi connectivity index (χ1) is 10.1. The number of nitrogen functional groups attached to an aromatic ring is 1. The maximum absolute atomic E-state index is 14.3. The molecule has 3 rings (SSSR count). The van der Waals surface area contributed by atoms with Crippen LogP contribution in [0.1, 0.15) is 18.4 Å². The minimum atomic E-state index is -0.322. The second-order valence-electron chi connectivity index (χ2n) is 4.91. The summed E-state index contributed by atoms with van der Waals surface area (Å²) in [5.74, 6) is -0.436. The lowest BCUT2D eigenvalue weighted by molar-refractivity contribution is -0.121. The summed E-state index contributed by atoms with van der Waals surface area (Å²) in [6.45, 7) is 0. The number of nitrogens with zero attached hydrogens (tertiary/aromatic N) is 1. The van der Waals surface area contributed by atoms with E-state index in [-0.39, 0.29) is 11.7 Å². The van der Waals surface area contributed by atoms with Crippen LogP contribution < -0.4 is 11.2 Å². The fourth-order valence-electron chi connectivity index (χ4n) is 2.27. The van der Waals surface area contributed by atoms with Gasteiger partial charge in [0.25, 0.3) is 0 Å².